The number of rotatable bonds is 5. The lowest BCUT2D eigenvalue weighted by molar-refractivity contribution is 0.168. The molecule has 0 aliphatic carbocycles. The van der Waals surface area contributed by atoms with Crippen LogP contribution in [0.3, 0.4) is 0 Å². The predicted molar refractivity (Wildman–Crippen MR) is 64.5 cm³/mol. The number of nitrogens with one attached hydrogen (secondary N) is 1. The van der Waals surface area contributed by atoms with Gasteiger partial charge in [-0.15, -0.1) is 0 Å². The van der Waals surface area contributed by atoms with Gasteiger partial charge in [-0.3, -0.25) is 0 Å². The van der Waals surface area contributed by atoms with Crippen molar-refractivity contribution in [3.05, 3.63) is 34.3 Å². The van der Waals surface area contributed by atoms with E-state index in [1.165, 1.54) is 5.56 Å². The Labute approximate surface area is 96.6 Å². The van der Waals surface area contributed by atoms with Crippen molar-refractivity contribution in [2.75, 3.05) is 20.3 Å². The molecule has 0 fully saturated rings. The predicted octanol–water partition coefficient (Wildman–Crippen LogP) is 2.95. The van der Waals surface area contributed by atoms with Crippen molar-refractivity contribution in [1.82, 2.24) is 5.32 Å². The van der Waals surface area contributed by atoms with E-state index in [4.69, 9.17) is 16.3 Å². The molecule has 1 rings (SSSR count). The summed E-state index contributed by atoms with van der Waals surface area (Å²) in [7, 11) is 1.71. The largest absolute Gasteiger partial charge is 0.383 e. The van der Waals surface area contributed by atoms with E-state index in [1.54, 1.807) is 7.11 Å². The average Bonchev–Trinajstić information content (AvgIpc) is 2.22. The molecule has 1 aromatic rings. The van der Waals surface area contributed by atoms with Crippen LogP contribution in [0.4, 0.5) is 0 Å². The molecule has 0 aromatic heterocycles. The molecule has 15 heavy (non-hydrogen) atoms. The highest BCUT2D eigenvalue weighted by molar-refractivity contribution is 6.31. The summed E-state index contributed by atoms with van der Waals surface area (Å²) in [6.45, 7) is 5.66. The first-order valence-corrected chi connectivity index (χ1v) is 5.55. The van der Waals surface area contributed by atoms with Crippen molar-refractivity contribution in [3.8, 4) is 0 Å². The van der Waals surface area contributed by atoms with Crippen LogP contribution >= 0.6 is 11.6 Å². The number of ether oxygens (including phenoxy) is 1. The summed E-state index contributed by atoms with van der Waals surface area (Å²) >= 11 is 6.09. The van der Waals surface area contributed by atoms with Crippen LogP contribution in [0, 0.1) is 6.92 Å². The summed E-state index contributed by atoms with van der Waals surface area (Å²) in [4.78, 5) is 0. The van der Waals surface area contributed by atoms with Gasteiger partial charge in [0.05, 0.1) is 12.6 Å². The van der Waals surface area contributed by atoms with E-state index in [2.05, 4.69) is 18.3 Å². The Bertz CT molecular complexity index is 308. The van der Waals surface area contributed by atoms with Crippen LogP contribution in [0.5, 0.6) is 0 Å². The summed E-state index contributed by atoms with van der Waals surface area (Å²) in [6, 6.07) is 6.35. The van der Waals surface area contributed by atoms with Gasteiger partial charge in [-0.2, -0.15) is 0 Å². The minimum absolute atomic E-state index is 0.220. The third-order valence-electron chi connectivity index (χ3n) is 2.38. The molecule has 1 unspecified atom stereocenters. The molecule has 1 atom stereocenters. The van der Waals surface area contributed by atoms with Gasteiger partial charge in [0, 0.05) is 12.1 Å². The highest BCUT2D eigenvalue weighted by Crippen LogP contribution is 2.21. The minimum atomic E-state index is 0.220. The van der Waals surface area contributed by atoms with Gasteiger partial charge in [0.1, 0.15) is 0 Å². The highest BCUT2D eigenvalue weighted by atomic mass is 35.5. The zero-order chi connectivity index (χ0) is 11.3. The quantitative estimate of drug-likeness (QED) is 0.835. The topological polar surface area (TPSA) is 21.3 Å². The van der Waals surface area contributed by atoms with Crippen molar-refractivity contribution < 1.29 is 4.74 Å². The molecule has 0 amide bonds. The van der Waals surface area contributed by atoms with Crippen molar-refractivity contribution in [3.63, 3.8) is 0 Å². The normalized spacial score (nSPS) is 12.8. The Morgan fingerprint density at radius 2 is 2.20 bits per heavy atom. The molecule has 3 heteroatoms. The summed E-state index contributed by atoms with van der Waals surface area (Å²) < 4.78 is 5.18. The second-order valence-corrected chi connectivity index (χ2v) is 3.98. The Hall–Kier alpha value is -0.570. The number of halogens is 1. The maximum absolute atomic E-state index is 6.09. The molecule has 0 spiro atoms. The van der Waals surface area contributed by atoms with Crippen LogP contribution in [0.25, 0.3) is 0 Å². The van der Waals surface area contributed by atoms with Gasteiger partial charge in [-0.05, 0) is 30.7 Å². The van der Waals surface area contributed by atoms with Crippen LogP contribution < -0.4 is 5.32 Å². The zero-order valence-electron chi connectivity index (χ0n) is 9.51. The molecule has 0 saturated heterocycles. The molecule has 0 heterocycles. The SMILES string of the molecule is CCNC(COC)c1ccc(C)c(Cl)c1. The number of hydrogen-bond donors (Lipinski definition) is 1. The Balaban J connectivity index is 2.85. The van der Waals surface area contributed by atoms with Gasteiger partial charge in [0.2, 0.25) is 0 Å². The maximum atomic E-state index is 6.09. The van der Waals surface area contributed by atoms with Crippen LogP contribution in [-0.2, 0) is 4.74 Å². The van der Waals surface area contributed by atoms with Crippen LogP contribution in [0.1, 0.15) is 24.1 Å². The number of hydrogen-bond acceptors (Lipinski definition) is 2. The second kappa shape index (κ2) is 6.11. The van der Waals surface area contributed by atoms with Crippen molar-refractivity contribution in [2.45, 2.75) is 19.9 Å². The van der Waals surface area contributed by atoms with Gasteiger partial charge in [0.15, 0.2) is 0 Å². The molecule has 0 saturated carbocycles. The van der Waals surface area contributed by atoms with E-state index in [1.807, 2.05) is 19.1 Å². The van der Waals surface area contributed by atoms with E-state index in [-0.39, 0.29) is 6.04 Å². The van der Waals surface area contributed by atoms with Crippen molar-refractivity contribution >= 4 is 11.6 Å². The van der Waals surface area contributed by atoms with Gasteiger partial charge in [0.25, 0.3) is 0 Å². The first kappa shape index (κ1) is 12.5. The first-order valence-electron chi connectivity index (χ1n) is 5.17. The first-order chi connectivity index (χ1) is 7.19. The van der Waals surface area contributed by atoms with Gasteiger partial charge in [-0.1, -0.05) is 30.7 Å². The summed E-state index contributed by atoms with van der Waals surface area (Å²) in [5, 5.41) is 4.17. The molecule has 1 aromatic carbocycles. The Kier molecular flexibility index (Phi) is 5.09. The molecule has 84 valence electrons. The van der Waals surface area contributed by atoms with Gasteiger partial charge in [-0.25, -0.2) is 0 Å². The minimum Gasteiger partial charge on any atom is -0.383 e. The maximum Gasteiger partial charge on any atom is 0.0657 e. The molecule has 0 bridgehead atoms. The van der Waals surface area contributed by atoms with E-state index < -0.39 is 0 Å². The third kappa shape index (κ3) is 3.49. The zero-order valence-corrected chi connectivity index (χ0v) is 10.3. The monoisotopic (exact) mass is 227 g/mol. The lowest BCUT2D eigenvalue weighted by Gasteiger charge is -2.18. The standard InChI is InChI=1S/C12H18ClNO/c1-4-14-12(8-15-3)10-6-5-9(2)11(13)7-10/h5-7,12,14H,4,8H2,1-3H3. The number of aryl methyl sites for hydroxylation is 1. The average molecular weight is 228 g/mol. The summed E-state index contributed by atoms with van der Waals surface area (Å²) in [5.74, 6) is 0. The van der Waals surface area contributed by atoms with Crippen LogP contribution in [-0.4, -0.2) is 20.3 Å². The number of benzene rings is 1. The van der Waals surface area contributed by atoms with E-state index in [9.17, 15) is 0 Å². The fourth-order valence-electron chi connectivity index (χ4n) is 1.51. The fraction of sp³-hybridized carbons (Fsp3) is 0.500. The molecule has 0 radical (unpaired) electrons. The van der Waals surface area contributed by atoms with Crippen LogP contribution in [0.2, 0.25) is 5.02 Å². The molecular weight excluding hydrogens is 210 g/mol. The number of likely N-dealkylation sites (N-methyl/N-ethyl adjacent to an activating group) is 1. The Morgan fingerprint density at radius 3 is 2.73 bits per heavy atom. The van der Waals surface area contributed by atoms with Gasteiger partial charge < -0.3 is 10.1 Å². The highest BCUT2D eigenvalue weighted by Gasteiger charge is 2.10. The van der Waals surface area contributed by atoms with Crippen molar-refractivity contribution in [1.29, 1.82) is 0 Å². The molecule has 1 N–H and O–H groups in total. The lowest BCUT2D eigenvalue weighted by atomic mass is 10.1. The van der Waals surface area contributed by atoms with Gasteiger partial charge >= 0.3 is 0 Å². The lowest BCUT2D eigenvalue weighted by Crippen LogP contribution is -2.24. The summed E-state index contributed by atoms with van der Waals surface area (Å²) in [5.41, 5.74) is 2.28. The molecular formula is C12H18ClNO. The van der Waals surface area contributed by atoms with E-state index in [0.29, 0.717) is 6.61 Å². The molecule has 0 aliphatic rings. The van der Waals surface area contributed by atoms with E-state index >= 15 is 0 Å². The van der Waals surface area contributed by atoms with Crippen molar-refractivity contribution in [2.24, 2.45) is 0 Å². The fourth-order valence-corrected chi connectivity index (χ4v) is 1.70. The van der Waals surface area contributed by atoms with Crippen LogP contribution in [0.15, 0.2) is 18.2 Å². The molecule has 2 nitrogen and oxygen atoms in total. The third-order valence-corrected chi connectivity index (χ3v) is 2.79. The second-order valence-electron chi connectivity index (χ2n) is 3.57. The Morgan fingerprint density at radius 1 is 1.47 bits per heavy atom. The number of methoxy groups -OCH3 is 1. The van der Waals surface area contributed by atoms with E-state index in [0.717, 1.165) is 17.1 Å². The molecule has 0 aliphatic heterocycles. The summed E-state index contributed by atoms with van der Waals surface area (Å²) in [6.07, 6.45) is 0. The smallest absolute Gasteiger partial charge is 0.0657 e.